The average molecular weight is 186 g/mol. The Bertz CT molecular complexity index is 226. The fourth-order valence-electron chi connectivity index (χ4n) is 1.35. The number of allylic oxidation sites excluding steroid dienone is 5. The quantitative estimate of drug-likeness (QED) is 0.304. The summed E-state index contributed by atoms with van der Waals surface area (Å²) in [5.41, 5.74) is 1.23. The molecular weight excluding hydrogens is 167 g/mol. The van der Waals surface area contributed by atoms with Crippen molar-refractivity contribution in [3.63, 3.8) is 0 Å². The van der Waals surface area contributed by atoms with Crippen LogP contribution < -0.4 is 0 Å². The monoisotopic (exact) mass is 186 g/mol. The van der Waals surface area contributed by atoms with E-state index in [1.807, 2.05) is 24.3 Å². The molecule has 0 nitrogen and oxygen atoms in total. The van der Waals surface area contributed by atoms with Crippen LogP contribution in [0.5, 0.6) is 0 Å². The maximum Gasteiger partial charge on any atom is 0.174 e. The van der Waals surface area contributed by atoms with E-state index >= 15 is 0 Å². The molecule has 0 saturated heterocycles. The van der Waals surface area contributed by atoms with Crippen LogP contribution in [-0.2, 0) is 0 Å². The van der Waals surface area contributed by atoms with Crippen molar-refractivity contribution in [3.05, 3.63) is 62.2 Å². The van der Waals surface area contributed by atoms with Gasteiger partial charge in [0, 0.05) is 0 Å². The summed E-state index contributed by atoms with van der Waals surface area (Å²) in [6.07, 6.45) is 10.5. The van der Waals surface area contributed by atoms with Crippen molar-refractivity contribution in [2.45, 2.75) is 19.1 Å². The standard InChI is InChI=1S/C13H19B/c1-5-9-13(8-4)12-14(10-6-2)11-7-3/h5-8,12H,1-4,9-11H2/b13-12-. The summed E-state index contributed by atoms with van der Waals surface area (Å²) < 4.78 is 0. The predicted octanol–water partition coefficient (Wildman–Crippen LogP) is 4.08. The van der Waals surface area contributed by atoms with Crippen LogP contribution in [0, 0.1) is 0 Å². The minimum absolute atomic E-state index is 0.498. The summed E-state index contributed by atoms with van der Waals surface area (Å²) in [5, 5.41) is 0. The van der Waals surface area contributed by atoms with Crippen LogP contribution in [0.2, 0.25) is 12.6 Å². The average Bonchev–Trinajstić information content (AvgIpc) is 2.18. The molecular formula is C13H19B. The Kier molecular flexibility index (Phi) is 7.63. The molecule has 0 amide bonds. The molecule has 0 heterocycles. The first kappa shape index (κ1) is 12.8. The maximum atomic E-state index is 3.79. The van der Waals surface area contributed by atoms with Gasteiger partial charge in [-0.2, -0.15) is 0 Å². The van der Waals surface area contributed by atoms with Crippen molar-refractivity contribution in [2.75, 3.05) is 0 Å². The van der Waals surface area contributed by atoms with E-state index in [4.69, 9.17) is 0 Å². The zero-order valence-electron chi connectivity index (χ0n) is 8.91. The Labute approximate surface area is 88.5 Å². The van der Waals surface area contributed by atoms with Gasteiger partial charge in [-0.25, -0.2) is 0 Å². The summed E-state index contributed by atoms with van der Waals surface area (Å²) in [6.45, 7) is 15.5. The summed E-state index contributed by atoms with van der Waals surface area (Å²) >= 11 is 0. The highest BCUT2D eigenvalue weighted by atomic mass is 13.9. The van der Waals surface area contributed by atoms with Gasteiger partial charge >= 0.3 is 0 Å². The molecule has 0 unspecified atom stereocenters. The van der Waals surface area contributed by atoms with E-state index in [0.717, 1.165) is 19.1 Å². The van der Waals surface area contributed by atoms with Crippen LogP contribution in [0.3, 0.4) is 0 Å². The molecule has 14 heavy (non-hydrogen) atoms. The van der Waals surface area contributed by atoms with Crippen molar-refractivity contribution >= 4 is 6.71 Å². The molecule has 74 valence electrons. The summed E-state index contributed by atoms with van der Waals surface area (Å²) in [4.78, 5) is 0. The second-order valence-electron chi connectivity index (χ2n) is 3.25. The van der Waals surface area contributed by atoms with Crippen molar-refractivity contribution in [1.29, 1.82) is 0 Å². The van der Waals surface area contributed by atoms with Gasteiger partial charge in [0.25, 0.3) is 0 Å². The van der Waals surface area contributed by atoms with E-state index in [0.29, 0.717) is 6.71 Å². The molecule has 0 aromatic heterocycles. The van der Waals surface area contributed by atoms with Gasteiger partial charge in [-0.15, -0.1) is 25.7 Å². The zero-order valence-corrected chi connectivity index (χ0v) is 8.91. The lowest BCUT2D eigenvalue weighted by Gasteiger charge is -2.05. The fourth-order valence-corrected chi connectivity index (χ4v) is 1.35. The Balaban J connectivity index is 4.45. The number of rotatable bonds is 8. The van der Waals surface area contributed by atoms with Crippen molar-refractivity contribution in [1.82, 2.24) is 0 Å². The van der Waals surface area contributed by atoms with Gasteiger partial charge in [0.05, 0.1) is 0 Å². The zero-order chi connectivity index (χ0) is 10.8. The van der Waals surface area contributed by atoms with E-state index in [1.54, 1.807) is 0 Å². The minimum Gasteiger partial charge on any atom is -0.111 e. The van der Waals surface area contributed by atoms with Gasteiger partial charge in [0.1, 0.15) is 0 Å². The molecule has 0 bridgehead atoms. The molecule has 0 spiro atoms. The molecule has 0 aliphatic carbocycles. The third kappa shape index (κ3) is 5.42. The summed E-state index contributed by atoms with van der Waals surface area (Å²) in [6, 6.07) is 0. The Morgan fingerprint density at radius 1 is 0.929 bits per heavy atom. The molecule has 1 heteroatoms. The smallest absolute Gasteiger partial charge is 0.111 e. The Morgan fingerprint density at radius 3 is 1.86 bits per heavy atom. The van der Waals surface area contributed by atoms with Gasteiger partial charge in [0.2, 0.25) is 0 Å². The topological polar surface area (TPSA) is 0 Å². The highest BCUT2D eigenvalue weighted by Gasteiger charge is 2.06. The highest BCUT2D eigenvalue weighted by molar-refractivity contribution is 6.65. The van der Waals surface area contributed by atoms with Crippen molar-refractivity contribution < 1.29 is 0 Å². The first-order chi connectivity index (χ1) is 6.78. The van der Waals surface area contributed by atoms with Crippen LogP contribution in [-0.4, -0.2) is 6.71 Å². The molecule has 0 N–H and O–H groups in total. The van der Waals surface area contributed by atoms with Gasteiger partial charge in [-0.3, -0.25) is 0 Å². The van der Waals surface area contributed by atoms with Gasteiger partial charge in [-0.1, -0.05) is 49.1 Å². The van der Waals surface area contributed by atoms with Gasteiger partial charge < -0.3 is 0 Å². The second-order valence-corrected chi connectivity index (χ2v) is 3.25. The molecule has 0 fully saturated rings. The normalized spacial score (nSPS) is 10.4. The van der Waals surface area contributed by atoms with Crippen molar-refractivity contribution in [3.8, 4) is 0 Å². The Hall–Kier alpha value is -1.24. The van der Waals surface area contributed by atoms with E-state index in [2.05, 4.69) is 32.3 Å². The SMILES string of the molecule is C=CCB(/C=C(/C=C)CC=C)CC=C. The molecule has 0 aromatic carbocycles. The molecule has 0 saturated carbocycles. The number of hydrogen-bond donors (Lipinski definition) is 0. The van der Waals surface area contributed by atoms with Crippen LogP contribution in [0.4, 0.5) is 0 Å². The van der Waals surface area contributed by atoms with E-state index in [1.165, 1.54) is 5.57 Å². The largest absolute Gasteiger partial charge is 0.174 e. The molecule has 0 aliphatic heterocycles. The molecule has 0 atom stereocenters. The maximum absolute atomic E-state index is 3.79. The first-order valence-electron chi connectivity index (χ1n) is 4.94. The van der Waals surface area contributed by atoms with E-state index in [-0.39, 0.29) is 0 Å². The molecule has 0 aliphatic rings. The molecule has 0 rings (SSSR count). The number of hydrogen-bond acceptors (Lipinski definition) is 0. The fraction of sp³-hybridized carbons (Fsp3) is 0.231. The summed E-state index contributed by atoms with van der Waals surface area (Å²) in [5.74, 6) is 2.23. The third-order valence-electron chi connectivity index (χ3n) is 2.03. The van der Waals surface area contributed by atoms with Crippen LogP contribution in [0.15, 0.2) is 62.2 Å². The van der Waals surface area contributed by atoms with Gasteiger partial charge in [0.15, 0.2) is 6.71 Å². The lowest BCUT2D eigenvalue weighted by molar-refractivity contribution is 1.30. The highest BCUT2D eigenvalue weighted by Crippen LogP contribution is 2.10. The molecule has 0 radical (unpaired) electrons. The lowest BCUT2D eigenvalue weighted by Crippen LogP contribution is -2.06. The van der Waals surface area contributed by atoms with Crippen LogP contribution >= 0.6 is 0 Å². The predicted molar refractivity (Wildman–Crippen MR) is 68.9 cm³/mol. The molecule has 0 aromatic rings. The minimum atomic E-state index is 0.498. The van der Waals surface area contributed by atoms with Crippen molar-refractivity contribution in [2.24, 2.45) is 0 Å². The Morgan fingerprint density at radius 2 is 1.50 bits per heavy atom. The summed E-state index contributed by atoms with van der Waals surface area (Å²) in [7, 11) is 0. The van der Waals surface area contributed by atoms with E-state index < -0.39 is 0 Å². The first-order valence-corrected chi connectivity index (χ1v) is 4.94. The lowest BCUT2D eigenvalue weighted by atomic mass is 9.44. The van der Waals surface area contributed by atoms with Gasteiger partial charge in [-0.05, 0) is 6.42 Å². The van der Waals surface area contributed by atoms with Crippen LogP contribution in [0.1, 0.15) is 6.42 Å². The third-order valence-corrected chi connectivity index (χ3v) is 2.03. The second kappa shape index (κ2) is 8.37. The van der Waals surface area contributed by atoms with E-state index in [9.17, 15) is 0 Å². The van der Waals surface area contributed by atoms with Crippen LogP contribution in [0.25, 0.3) is 0 Å².